The van der Waals surface area contributed by atoms with Crippen LogP contribution in [0.15, 0.2) is 34.3 Å². The summed E-state index contributed by atoms with van der Waals surface area (Å²) < 4.78 is 0. The quantitative estimate of drug-likeness (QED) is 0.519. The molecule has 0 atom stereocenters. The Labute approximate surface area is 101 Å². The maximum Gasteiger partial charge on any atom is 0.218 e. The molecule has 88 valence electrons. The molecule has 0 aromatic heterocycles. The lowest BCUT2D eigenvalue weighted by molar-refractivity contribution is 1.03. The monoisotopic (exact) mass is 241 g/mol. The summed E-state index contributed by atoms with van der Waals surface area (Å²) in [5.41, 5.74) is 18.1. The number of benzene rings is 1. The van der Waals surface area contributed by atoms with E-state index >= 15 is 0 Å². The average Bonchev–Trinajstić information content (AvgIpc) is 2.15. The summed E-state index contributed by atoms with van der Waals surface area (Å²) in [6.45, 7) is 2.50. The summed E-state index contributed by atoms with van der Waals surface area (Å²) in [4.78, 5) is 7.66. The van der Waals surface area contributed by atoms with E-state index in [0.29, 0.717) is 6.54 Å². The highest BCUT2D eigenvalue weighted by Gasteiger charge is 1.95. The largest absolute Gasteiger partial charge is 0.370 e. The first-order valence-electron chi connectivity index (χ1n) is 4.53. The van der Waals surface area contributed by atoms with Gasteiger partial charge in [0.05, 0.1) is 6.54 Å². The van der Waals surface area contributed by atoms with Gasteiger partial charge in [-0.3, -0.25) is 0 Å². The summed E-state index contributed by atoms with van der Waals surface area (Å²) in [7, 11) is 0. The van der Waals surface area contributed by atoms with Crippen LogP contribution >= 0.6 is 12.4 Å². The zero-order valence-electron chi connectivity index (χ0n) is 9.05. The highest BCUT2D eigenvalue weighted by atomic mass is 35.5. The summed E-state index contributed by atoms with van der Waals surface area (Å²) in [5.74, 6) is 0.0132. The number of hydrogen-bond acceptors (Lipinski definition) is 1. The van der Waals surface area contributed by atoms with Crippen LogP contribution < -0.4 is 17.2 Å². The summed E-state index contributed by atoms with van der Waals surface area (Å²) in [6, 6.07) is 7.93. The third kappa shape index (κ3) is 4.65. The minimum absolute atomic E-state index is 0. The van der Waals surface area contributed by atoms with Gasteiger partial charge in [-0.2, -0.15) is 4.99 Å². The molecule has 0 radical (unpaired) electrons. The molecule has 1 aromatic carbocycles. The van der Waals surface area contributed by atoms with Crippen molar-refractivity contribution in [1.82, 2.24) is 0 Å². The number of guanidine groups is 2. The van der Waals surface area contributed by atoms with Crippen LogP contribution in [-0.4, -0.2) is 11.9 Å². The van der Waals surface area contributed by atoms with E-state index in [9.17, 15) is 0 Å². The third-order valence-corrected chi connectivity index (χ3v) is 1.92. The normalized spacial score (nSPS) is 10.4. The van der Waals surface area contributed by atoms with Crippen LogP contribution in [0.1, 0.15) is 11.1 Å². The minimum Gasteiger partial charge on any atom is -0.370 e. The van der Waals surface area contributed by atoms with E-state index in [0.717, 1.165) is 5.56 Å². The summed E-state index contributed by atoms with van der Waals surface area (Å²) in [6.07, 6.45) is 0. The lowest BCUT2D eigenvalue weighted by Gasteiger charge is -2.01. The van der Waals surface area contributed by atoms with E-state index in [1.807, 2.05) is 31.2 Å². The van der Waals surface area contributed by atoms with E-state index in [2.05, 4.69) is 9.98 Å². The lowest BCUT2D eigenvalue weighted by Crippen LogP contribution is -2.26. The molecular weight excluding hydrogens is 226 g/mol. The van der Waals surface area contributed by atoms with E-state index in [1.54, 1.807) is 0 Å². The van der Waals surface area contributed by atoms with Crippen LogP contribution in [0.2, 0.25) is 0 Å². The van der Waals surface area contributed by atoms with Crippen molar-refractivity contribution in [2.45, 2.75) is 13.5 Å². The van der Waals surface area contributed by atoms with Gasteiger partial charge in [0.1, 0.15) is 0 Å². The maximum absolute atomic E-state index is 5.48. The second-order valence-electron chi connectivity index (χ2n) is 3.14. The molecule has 6 N–H and O–H groups in total. The first-order chi connectivity index (χ1) is 7.09. The van der Waals surface area contributed by atoms with Gasteiger partial charge < -0.3 is 17.2 Å². The fourth-order valence-corrected chi connectivity index (χ4v) is 1.12. The summed E-state index contributed by atoms with van der Waals surface area (Å²) in [5, 5.41) is 0. The van der Waals surface area contributed by atoms with Gasteiger partial charge in [-0.1, -0.05) is 24.3 Å². The molecule has 0 saturated carbocycles. The van der Waals surface area contributed by atoms with E-state index in [-0.39, 0.29) is 24.3 Å². The molecule has 6 heteroatoms. The predicted octanol–water partition coefficient (Wildman–Crippen LogP) is 0.505. The molecule has 1 rings (SSSR count). The number of rotatable bonds is 2. The molecule has 16 heavy (non-hydrogen) atoms. The molecule has 0 saturated heterocycles. The Hall–Kier alpha value is -1.75. The fourth-order valence-electron chi connectivity index (χ4n) is 1.12. The third-order valence-electron chi connectivity index (χ3n) is 1.92. The Kier molecular flexibility index (Phi) is 5.95. The van der Waals surface area contributed by atoms with Crippen molar-refractivity contribution in [2.75, 3.05) is 0 Å². The molecule has 0 amide bonds. The van der Waals surface area contributed by atoms with Gasteiger partial charge in [0.15, 0.2) is 5.96 Å². The number of aliphatic imine (C=N–C) groups is 2. The first-order valence-corrected chi connectivity index (χ1v) is 4.53. The fraction of sp³-hybridized carbons (Fsp3) is 0.200. The van der Waals surface area contributed by atoms with Gasteiger partial charge in [-0.15, -0.1) is 12.4 Å². The molecule has 0 unspecified atom stereocenters. The van der Waals surface area contributed by atoms with Gasteiger partial charge in [-0.05, 0) is 18.1 Å². The molecule has 0 bridgehead atoms. The van der Waals surface area contributed by atoms with Crippen LogP contribution in [0, 0.1) is 6.92 Å². The van der Waals surface area contributed by atoms with Crippen LogP contribution in [0.3, 0.4) is 0 Å². The zero-order valence-corrected chi connectivity index (χ0v) is 9.87. The number of aryl methyl sites for hydroxylation is 1. The topological polar surface area (TPSA) is 103 Å². The molecular formula is C10H16ClN5. The smallest absolute Gasteiger partial charge is 0.218 e. The first kappa shape index (κ1) is 14.2. The molecule has 0 fully saturated rings. The van der Waals surface area contributed by atoms with Crippen LogP contribution in [0.4, 0.5) is 0 Å². The Morgan fingerprint density at radius 1 is 1.19 bits per heavy atom. The van der Waals surface area contributed by atoms with Crippen molar-refractivity contribution in [1.29, 1.82) is 0 Å². The molecule has 0 aliphatic carbocycles. The lowest BCUT2D eigenvalue weighted by atomic mass is 10.1. The van der Waals surface area contributed by atoms with Crippen molar-refractivity contribution < 1.29 is 0 Å². The molecule has 0 spiro atoms. The van der Waals surface area contributed by atoms with E-state index in [4.69, 9.17) is 17.2 Å². The Morgan fingerprint density at radius 2 is 1.81 bits per heavy atom. The number of nitrogens with two attached hydrogens (primary N) is 3. The number of nitrogens with zero attached hydrogens (tertiary/aromatic N) is 2. The van der Waals surface area contributed by atoms with Crippen molar-refractivity contribution in [3.05, 3.63) is 35.4 Å². The highest BCUT2D eigenvalue weighted by Crippen LogP contribution is 2.07. The Morgan fingerprint density at radius 3 is 2.38 bits per heavy atom. The van der Waals surface area contributed by atoms with E-state index in [1.165, 1.54) is 5.56 Å². The number of hydrogen-bond donors (Lipinski definition) is 3. The molecule has 5 nitrogen and oxygen atoms in total. The van der Waals surface area contributed by atoms with Crippen LogP contribution in [0.25, 0.3) is 0 Å². The summed E-state index contributed by atoms with van der Waals surface area (Å²) >= 11 is 0. The van der Waals surface area contributed by atoms with Crippen molar-refractivity contribution in [3.63, 3.8) is 0 Å². The Balaban J connectivity index is 0.00000225. The Bertz CT molecular complexity index is 396. The van der Waals surface area contributed by atoms with Crippen molar-refractivity contribution >= 4 is 24.3 Å². The highest BCUT2D eigenvalue weighted by molar-refractivity contribution is 5.92. The molecule has 0 heterocycles. The zero-order chi connectivity index (χ0) is 11.3. The SMILES string of the molecule is Cc1ccccc1CN=C(N)N=C(N)N.Cl. The van der Waals surface area contributed by atoms with Crippen LogP contribution in [-0.2, 0) is 6.54 Å². The maximum atomic E-state index is 5.48. The average molecular weight is 242 g/mol. The van der Waals surface area contributed by atoms with Crippen LogP contribution in [0.5, 0.6) is 0 Å². The number of halogens is 1. The standard InChI is InChI=1S/C10H15N5.ClH/c1-7-4-2-3-5-8(7)6-14-10(13)15-9(11)12;/h2-5H,6H2,1H3,(H6,11,12,13,14,15);1H. The van der Waals surface area contributed by atoms with Crippen molar-refractivity contribution in [2.24, 2.45) is 27.2 Å². The second-order valence-corrected chi connectivity index (χ2v) is 3.14. The van der Waals surface area contributed by atoms with Gasteiger partial charge in [0, 0.05) is 0 Å². The molecule has 1 aromatic rings. The molecule has 0 aliphatic rings. The van der Waals surface area contributed by atoms with Gasteiger partial charge in [0.25, 0.3) is 0 Å². The molecule has 0 aliphatic heterocycles. The van der Waals surface area contributed by atoms with Gasteiger partial charge in [0.2, 0.25) is 5.96 Å². The van der Waals surface area contributed by atoms with E-state index < -0.39 is 0 Å². The van der Waals surface area contributed by atoms with Crippen molar-refractivity contribution in [3.8, 4) is 0 Å². The van der Waals surface area contributed by atoms with Gasteiger partial charge in [-0.25, -0.2) is 4.99 Å². The minimum atomic E-state index is -0.0824. The second kappa shape index (κ2) is 6.68. The predicted molar refractivity (Wildman–Crippen MR) is 69.6 cm³/mol. The van der Waals surface area contributed by atoms with Gasteiger partial charge >= 0.3 is 0 Å².